The molecule has 4 aromatic rings. The first-order valence-corrected chi connectivity index (χ1v) is 10.4. The summed E-state index contributed by atoms with van der Waals surface area (Å²) >= 11 is 0. The SMILES string of the molecule is Cc1c(NC(=O)c2c(NC(=O)c3ccn(COc4cc(F)ccc4[N+](=O)[O-])n3)cnn2C)cnn1C. The van der Waals surface area contributed by atoms with E-state index in [0.717, 1.165) is 23.9 Å². The maximum absolute atomic E-state index is 13.5. The third kappa shape index (κ3) is 4.89. The summed E-state index contributed by atoms with van der Waals surface area (Å²) in [6.45, 7) is 1.48. The Balaban J connectivity index is 1.44. The monoisotopic (exact) mass is 497 g/mol. The van der Waals surface area contributed by atoms with Crippen molar-refractivity contribution in [3.05, 3.63) is 75.9 Å². The van der Waals surface area contributed by atoms with Crippen molar-refractivity contribution in [2.24, 2.45) is 14.1 Å². The van der Waals surface area contributed by atoms with Crippen LogP contribution in [-0.2, 0) is 20.8 Å². The summed E-state index contributed by atoms with van der Waals surface area (Å²) in [7, 11) is 3.29. The van der Waals surface area contributed by atoms with Crippen molar-refractivity contribution >= 4 is 28.9 Å². The highest BCUT2D eigenvalue weighted by Crippen LogP contribution is 2.27. The van der Waals surface area contributed by atoms with E-state index in [1.165, 1.54) is 34.0 Å². The second-order valence-electron chi connectivity index (χ2n) is 7.59. The largest absolute Gasteiger partial charge is 0.464 e. The number of rotatable bonds is 8. The van der Waals surface area contributed by atoms with E-state index in [1.54, 1.807) is 25.7 Å². The summed E-state index contributed by atoms with van der Waals surface area (Å²) in [5.41, 5.74) is 1.08. The summed E-state index contributed by atoms with van der Waals surface area (Å²) in [5, 5.41) is 28.6. The number of nitro benzene ring substituents is 1. The van der Waals surface area contributed by atoms with Gasteiger partial charge in [-0.2, -0.15) is 15.3 Å². The lowest BCUT2D eigenvalue weighted by Gasteiger charge is -2.08. The van der Waals surface area contributed by atoms with Crippen LogP contribution in [0.1, 0.15) is 26.7 Å². The van der Waals surface area contributed by atoms with E-state index in [-0.39, 0.29) is 29.6 Å². The smallest absolute Gasteiger partial charge is 0.311 e. The van der Waals surface area contributed by atoms with Crippen LogP contribution in [0.2, 0.25) is 0 Å². The van der Waals surface area contributed by atoms with E-state index in [2.05, 4.69) is 25.9 Å². The van der Waals surface area contributed by atoms with Crippen LogP contribution in [0.3, 0.4) is 0 Å². The molecule has 2 N–H and O–H groups in total. The zero-order valence-corrected chi connectivity index (χ0v) is 19.3. The van der Waals surface area contributed by atoms with Gasteiger partial charge in [-0.1, -0.05) is 0 Å². The number of hydrogen-bond acceptors (Lipinski definition) is 8. The highest BCUT2D eigenvalue weighted by atomic mass is 19.1. The first kappa shape index (κ1) is 24.1. The van der Waals surface area contributed by atoms with Gasteiger partial charge in [0.15, 0.2) is 12.4 Å². The molecule has 0 bridgehead atoms. The first-order chi connectivity index (χ1) is 17.1. The fourth-order valence-electron chi connectivity index (χ4n) is 3.23. The Bertz CT molecular complexity index is 1470. The number of ether oxygens (including phenoxy) is 1. The number of carbonyl (C=O) groups is 2. The molecule has 36 heavy (non-hydrogen) atoms. The Labute approximate surface area is 202 Å². The standard InChI is InChI=1S/C21H20FN9O5/c1-12-15(9-23-28(12)2)25-21(33)19-16(10-24-29(19)3)26-20(32)14-6-7-30(27-14)11-36-18-8-13(22)4-5-17(18)31(34)35/h4-10H,11H2,1-3H3,(H,25,33)(H,26,32). The number of anilines is 2. The molecule has 0 fully saturated rings. The van der Waals surface area contributed by atoms with Gasteiger partial charge in [0.05, 0.1) is 34.4 Å². The average Bonchev–Trinajstić information content (AvgIpc) is 3.53. The van der Waals surface area contributed by atoms with Crippen LogP contribution in [0.25, 0.3) is 0 Å². The second kappa shape index (κ2) is 9.65. The van der Waals surface area contributed by atoms with Gasteiger partial charge in [-0.25, -0.2) is 9.07 Å². The fourth-order valence-corrected chi connectivity index (χ4v) is 3.23. The van der Waals surface area contributed by atoms with Crippen LogP contribution in [0.5, 0.6) is 5.75 Å². The van der Waals surface area contributed by atoms with Gasteiger partial charge in [0, 0.05) is 32.4 Å². The molecule has 3 aromatic heterocycles. The van der Waals surface area contributed by atoms with Gasteiger partial charge in [-0.15, -0.1) is 0 Å². The van der Waals surface area contributed by atoms with Crippen molar-refractivity contribution in [2.45, 2.75) is 13.7 Å². The highest BCUT2D eigenvalue weighted by molar-refractivity contribution is 6.11. The Morgan fingerprint density at radius 1 is 1.08 bits per heavy atom. The van der Waals surface area contributed by atoms with Gasteiger partial charge in [0.25, 0.3) is 11.8 Å². The van der Waals surface area contributed by atoms with Crippen LogP contribution < -0.4 is 15.4 Å². The van der Waals surface area contributed by atoms with Crippen molar-refractivity contribution in [3.63, 3.8) is 0 Å². The maximum Gasteiger partial charge on any atom is 0.311 e. The van der Waals surface area contributed by atoms with E-state index in [1.807, 2.05) is 0 Å². The van der Waals surface area contributed by atoms with Gasteiger partial charge < -0.3 is 15.4 Å². The van der Waals surface area contributed by atoms with Crippen molar-refractivity contribution in [1.82, 2.24) is 29.3 Å². The maximum atomic E-state index is 13.5. The molecule has 0 aliphatic carbocycles. The van der Waals surface area contributed by atoms with Crippen molar-refractivity contribution < 1.29 is 23.6 Å². The molecule has 0 atom stereocenters. The summed E-state index contributed by atoms with van der Waals surface area (Å²) in [6.07, 6.45) is 4.24. The average molecular weight is 497 g/mol. The molecule has 0 unspecified atom stereocenters. The van der Waals surface area contributed by atoms with E-state index >= 15 is 0 Å². The van der Waals surface area contributed by atoms with Crippen LogP contribution >= 0.6 is 0 Å². The molecule has 1 aromatic carbocycles. The van der Waals surface area contributed by atoms with E-state index in [9.17, 15) is 24.1 Å². The summed E-state index contributed by atoms with van der Waals surface area (Å²) < 4.78 is 22.9. The van der Waals surface area contributed by atoms with Crippen LogP contribution in [-0.4, -0.2) is 46.1 Å². The minimum atomic E-state index is -0.703. The van der Waals surface area contributed by atoms with Gasteiger partial charge in [0.2, 0.25) is 5.75 Å². The Hall–Kier alpha value is -5.08. The third-order valence-electron chi connectivity index (χ3n) is 5.23. The number of nitrogens with one attached hydrogen (secondary N) is 2. The number of aryl methyl sites for hydroxylation is 2. The topological polar surface area (TPSA) is 164 Å². The Morgan fingerprint density at radius 3 is 2.47 bits per heavy atom. The van der Waals surface area contributed by atoms with Crippen LogP contribution in [0, 0.1) is 22.9 Å². The first-order valence-electron chi connectivity index (χ1n) is 10.4. The molecular formula is C21H20FN9O5. The number of carbonyl (C=O) groups excluding carboxylic acids is 2. The van der Waals surface area contributed by atoms with Crippen LogP contribution in [0.15, 0.2) is 42.9 Å². The molecule has 4 rings (SSSR count). The zero-order chi connectivity index (χ0) is 26.0. The number of aromatic nitrogens is 6. The molecule has 0 saturated carbocycles. The summed E-state index contributed by atoms with van der Waals surface area (Å²) in [4.78, 5) is 36.0. The Kier molecular flexibility index (Phi) is 6.45. The lowest BCUT2D eigenvalue weighted by atomic mass is 10.3. The number of nitro groups is 1. The number of halogens is 1. The third-order valence-corrected chi connectivity index (χ3v) is 5.23. The van der Waals surface area contributed by atoms with Crippen LogP contribution in [0.4, 0.5) is 21.5 Å². The van der Waals surface area contributed by atoms with Crippen molar-refractivity contribution in [2.75, 3.05) is 10.6 Å². The predicted molar refractivity (Wildman–Crippen MR) is 123 cm³/mol. The lowest BCUT2D eigenvalue weighted by molar-refractivity contribution is -0.386. The Morgan fingerprint density at radius 2 is 1.78 bits per heavy atom. The van der Waals surface area contributed by atoms with E-state index in [4.69, 9.17) is 4.74 Å². The van der Waals surface area contributed by atoms with Gasteiger partial charge in [0.1, 0.15) is 11.5 Å². The van der Waals surface area contributed by atoms with Crippen molar-refractivity contribution in [3.8, 4) is 5.75 Å². The minimum Gasteiger partial charge on any atom is -0.464 e. The van der Waals surface area contributed by atoms with E-state index < -0.39 is 28.2 Å². The van der Waals surface area contributed by atoms with Gasteiger partial charge >= 0.3 is 5.69 Å². The molecule has 0 aliphatic heterocycles. The number of hydrogen-bond donors (Lipinski definition) is 2. The minimum absolute atomic E-state index is 0.0225. The lowest BCUT2D eigenvalue weighted by Crippen LogP contribution is -2.21. The molecule has 15 heteroatoms. The number of nitrogens with zero attached hydrogens (tertiary/aromatic N) is 7. The molecule has 0 saturated heterocycles. The molecule has 0 spiro atoms. The number of amides is 2. The van der Waals surface area contributed by atoms with Gasteiger partial charge in [-0.05, 0) is 19.1 Å². The zero-order valence-electron chi connectivity index (χ0n) is 19.3. The predicted octanol–water partition coefficient (Wildman–Crippen LogP) is 2.25. The molecule has 0 aliphatic rings. The molecule has 2 amide bonds. The van der Waals surface area contributed by atoms with E-state index in [0.29, 0.717) is 5.69 Å². The molecule has 186 valence electrons. The molecule has 0 radical (unpaired) electrons. The molecular weight excluding hydrogens is 477 g/mol. The number of benzene rings is 1. The molecule has 14 nitrogen and oxygen atoms in total. The second-order valence-corrected chi connectivity index (χ2v) is 7.59. The highest BCUT2D eigenvalue weighted by Gasteiger charge is 2.22. The normalized spacial score (nSPS) is 10.8. The summed E-state index contributed by atoms with van der Waals surface area (Å²) in [6, 6.07) is 4.21. The quantitative estimate of drug-likeness (QED) is 0.276. The van der Waals surface area contributed by atoms with Gasteiger partial charge in [-0.3, -0.25) is 29.1 Å². The fraction of sp³-hybridized carbons (Fsp3) is 0.190. The van der Waals surface area contributed by atoms with Crippen molar-refractivity contribution in [1.29, 1.82) is 0 Å². The molecule has 3 heterocycles. The summed E-state index contributed by atoms with van der Waals surface area (Å²) in [5.74, 6) is -2.12.